The van der Waals surface area contributed by atoms with E-state index < -0.39 is 6.04 Å². The minimum absolute atomic E-state index is 0.0862. The van der Waals surface area contributed by atoms with Crippen molar-refractivity contribution < 1.29 is 4.79 Å². The van der Waals surface area contributed by atoms with Gasteiger partial charge in [0.1, 0.15) is 6.04 Å². The van der Waals surface area contributed by atoms with Gasteiger partial charge in [0.15, 0.2) is 0 Å². The molecular formula is C29H23ClN4O2. The molecule has 1 unspecified atom stereocenters. The second kappa shape index (κ2) is 8.50. The lowest BCUT2D eigenvalue weighted by molar-refractivity contribution is -0.119. The topological polar surface area (TPSA) is 70.5 Å². The molecule has 0 spiro atoms. The number of benzodiazepines with no additional fused rings is 1. The zero-order chi connectivity index (χ0) is 25.0. The van der Waals surface area contributed by atoms with Gasteiger partial charge in [-0.3, -0.25) is 14.4 Å². The second-order valence-electron chi connectivity index (χ2n) is 9.16. The van der Waals surface area contributed by atoms with Crippen LogP contribution in [0.4, 0.5) is 5.69 Å². The maximum Gasteiger partial charge on any atom is 0.326 e. The smallest absolute Gasteiger partial charge is 0.313 e. The molecule has 0 fully saturated rings. The van der Waals surface area contributed by atoms with E-state index in [4.69, 9.17) is 16.6 Å². The first-order valence-corrected chi connectivity index (χ1v) is 12.1. The highest BCUT2D eigenvalue weighted by Gasteiger charge is 2.30. The van der Waals surface area contributed by atoms with Crippen molar-refractivity contribution in [3.63, 3.8) is 0 Å². The van der Waals surface area contributed by atoms with Gasteiger partial charge in [0, 0.05) is 36.7 Å². The Morgan fingerprint density at radius 3 is 2.56 bits per heavy atom. The number of aliphatic imine (C=N–C) groups is 1. The highest BCUT2D eigenvalue weighted by Crippen LogP contribution is 2.32. The fourth-order valence-electron chi connectivity index (χ4n) is 4.94. The standard InChI is InChI=1S/C29H23ClN4O2/c1-33-25-12-10-21(30)16-22(25)27(20-9-11-23-26(15-20)34(2)29(36)32-23)31-24(28(33)35)14-17-7-8-18-5-3-4-6-19(18)13-17/h3-13,15-16,24H,14H2,1-2H3,(H,32,36). The van der Waals surface area contributed by atoms with Crippen molar-refractivity contribution in [3.8, 4) is 0 Å². The number of nitrogens with zero attached hydrogens (tertiary/aromatic N) is 3. The SMILES string of the molecule is CN1C(=O)C(Cc2ccc3ccccc3c2)N=C(c2ccc3[nH]c(=O)n(C)c3c2)c2cc(Cl)ccc21. The molecular weight excluding hydrogens is 472 g/mol. The molecule has 178 valence electrons. The number of anilines is 1. The Balaban J connectivity index is 1.52. The van der Waals surface area contributed by atoms with E-state index >= 15 is 0 Å². The maximum atomic E-state index is 13.6. The number of H-pyrrole nitrogens is 1. The fraction of sp³-hybridized carbons (Fsp3) is 0.138. The second-order valence-corrected chi connectivity index (χ2v) is 9.60. The van der Waals surface area contributed by atoms with Crippen LogP contribution in [0, 0.1) is 0 Å². The monoisotopic (exact) mass is 494 g/mol. The lowest BCUT2D eigenvalue weighted by Gasteiger charge is -2.20. The van der Waals surface area contributed by atoms with Crippen LogP contribution < -0.4 is 10.6 Å². The highest BCUT2D eigenvalue weighted by molar-refractivity contribution is 6.32. The number of carbonyl (C=O) groups excluding carboxylic acids is 1. The molecule has 0 saturated carbocycles. The predicted octanol–water partition coefficient (Wildman–Crippen LogP) is 5.10. The largest absolute Gasteiger partial charge is 0.326 e. The Labute approximate surface area is 212 Å². The van der Waals surface area contributed by atoms with Crippen molar-refractivity contribution >= 4 is 50.7 Å². The van der Waals surface area contributed by atoms with Crippen molar-refractivity contribution in [1.29, 1.82) is 0 Å². The number of aromatic nitrogens is 2. The number of aryl methyl sites for hydroxylation is 1. The van der Waals surface area contributed by atoms with E-state index in [1.807, 2.05) is 42.5 Å². The number of nitrogens with one attached hydrogen (secondary N) is 1. The first kappa shape index (κ1) is 22.3. The molecule has 2 heterocycles. The van der Waals surface area contributed by atoms with Gasteiger partial charge >= 0.3 is 5.69 Å². The van der Waals surface area contributed by atoms with Crippen molar-refractivity contribution in [2.45, 2.75) is 12.5 Å². The molecule has 6 rings (SSSR count). The summed E-state index contributed by atoms with van der Waals surface area (Å²) < 4.78 is 1.57. The third-order valence-electron chi connectivity index (χ3n) is 6.90. The van der Waals surface area contributed by atoms with Gasteiger partial charge in [-0.1, -0.05) is 60.1 Å². The third-order valence-corrected chi connectivity index (χ3v) is 7.13. The van der Waals surface area contributed by atoms with Crippen LogP contribution in [0.5, 0.6) is 0 Å². The van der Waals surface area contributed by atoms with Crippen molar-refractivity contribution in [1.82, 2.24) is 9.55 Å². The third kappa shape index (κ3) is 3.71. The number of hydrogen-bond acceptors (Lipinski definition) is 3. The molecule has 1 N–H and O–H groups in total. The van der Waals surface area contributed by atoms with Crippen LogP contribution in [0.3, 0.4) is 0 Å². The van der Waals surface area contributed by atoms with E-state index in [1.54, 1.807) is 29.6 Å². The number of carbonyl (C=O) groups is 1. The summed E-state index contributed by atoms with van der Waals surface area (Å²) in [5, 5.41) is 2.84. The maximum absolute atomic E-state index is 13.6. The molecule has 6 nitrogen and oxygen atoms in total. The number of hydrogen-bond donors (Lipinski definition) is 1. The first-order chi connectivity index (χ1) is 17.4. The zero-order valence-electron chi connectivity index (χ0n) is 19.8. The fourth-order valence-corrected chi connectivity index (χ4v) is 5.11. The summed E-state index contributed by atoms with van der Waals surface area (Å²) in [5.41, 5.74) is 5.37. The highest BCUT2D eigenvalue weighted by atomic mass is 35.5. The quantitative estimate of drug-likeness (QED) is 0.379. The number of benzene rings is 4. The molecule has 4 aromatic carbocycles. The molecule has 1 aliphatic heterocycles. The number of imidazole rings is 1. The molecule has 0 bridgehead atoms. The van der Waals surface area contributed by atoms with Crippen LogP contribution >= 0.6 is 11.6 Å². The van der Waals surface area contributed by atoms with Crippen LogP contribution in [0.1, 0.15) is 16.7 Å². The molecule has 0 saturated heterocycles. The van der Waals surface area contributed by atoms with Crippen molar-refractivity contribution in [2.24, 2.45) is 12.0 Å². The Kier molecular flexibility index (Phi) is 5.27. The predicted molar refractivity (Wildman–Crippen MR) is 145 cm³/mol. The summed E-state index contributed by atoms with van der Waals surface area (Å²) in [5.74, 6) is -0.0862. The number of rotatable bonds is 3. The molecule has 1 aliphatic rings. The van der Waals surface area contributed by atoms with E-state index in [0.29, 0.717) is 17.2 Å². The van der Waals surface area contributed by atoms with Gasteiger partial charge in [0.2, 0.25) is 0 Å². The Bertz CT molecular complexity index is 1760. The molecule has 7 heteroatoms. The van der Waals surface area contributed by atoms with Crippen LogP contribution in [-0.4, -0.2) is 34.3 Å². The van der Waals surface area contributed by atoms with Crippen LogP contribution in [0.15, 0.2) is 88.6 Å². The average molecular weight is 495 g/mol. The molecule has 1 atom stereocenters. The number of likely N-dealkylation sites (N-methyl/N-ethyl adjacent to an activating group) is 1. The molecule has 1 aromatic heterocycles. The van der Waals surface area contributed by atoms with Crippen LogP contribution in [-0.2, 0) is 18.3 Å². The molecule has 0 aliphatic carbocycles. The van der Waals surface area contributed by atoms with E-state index in [2.05, 4.69) is 35.3 Å². The summed E-state index contributed by atoms with van der Waals surface area (Å²) >= 11 is 6.40. The van der Waals surface area contributed by atoms with Gasteiger partial charge in [-0.05, 0) is 46.7 Å². The van der Waals surface area contributed by atoms with Gasteiger partial charge in [0.25, 0.3) is 5.91 Å². The minimum atomic E-state index is -0.622. The zero-order valence-corrected chi connectivity index (χ0v) is 20.6. The summed E-state index contributed by atoms with van der Waals surface area (Å²) in [7, 11) is 3.50. The van der Waals surface area contributed by atoms with Gasteiger partial charge in [0.05, 0.1) is 22.4 Å². The van der Waals surface area contributed by atoms with E-state index in [0.717, 1.165) is 44.2 Å². The Morgan fingerprint density at radius 1 is 0.917 bits per heavy atom. The minimum Gasteiger partial charge on any atom is -0.313 e. The van der Waals surface area contributed by atoms with Gasteiger partial charge < -0.3 is 9.88 Å². The molecule has 0 radical (unpaired) electrons. The van der Waals surface area contributed by atoms with Crippen LogP contribution in [0.25, 0.3) is 21.8 Å². The number of aromatic amines is 1. The van der Waals surface area contributed by atoms with Gasteiger partial charge in [-0.25, -0.2) is 4.79 Å². The van der Waals surface area contributed by atoms with Crippen LogP contribution in [0.2, 0.25) is 5.02 Å². The van der Waals surface area contributed by atoms with Gasteiger partial charge in [-0.2, -0.15) is 0 Å². The number of halogens is 1. The summed E-state index contributed by atoms with van der Waals surface area (Å²) in [6.07, 6.45) is 0.462. The van der Waals surface area contributed by atoms with Crippen molar-refractivity contribution in [2.75, 3.05) is 11.9 Å². The first-order valence-electron chi connectivity index (χ1n) is 11.7. The van der Waals surface area contributed by atoms with Gasteiger partial charge in [-0.15, -0.1) is 0 Å². The lowest BCUT2D eigenvalue weighted by Crippen LogP contribution is -2.36. The molecule has 36 heavy (non-hydrogen) atoms. The lowest BCUT2D eigenvalue weighted by atomic mass is 9.99. The van der Waals surface area contributed by atoms with E-state index in [-0.39, 0.29) is 11.6 Å². The summed E-state index contributed by atoms with van der Waals surface area (Å²) in [4.78, 5) is 35.4. The summed E-state index contributed by atoms with van der Waals surface area (Å²) in [6.45, 7) is 0. The number of amides is 1. The van der Waals surface area contributed by atoms with Crippen molar-refractivity contribution in [3.05, 3.63) is 111 Å². The van der Waals surface area contributed by atoms with E-state index in [9.17, 15) is 9.59 Å². The normalized spacial score (nSPS) is 15.8. The Hall–Kier alpha value is -4.16. The molecule has 5 aromatic rings. The summed E-state index contributed by atoms with van der Waals surface area (Å²) in [6, 6.07) is 25.0. The number of fused-ring (bicyclic) bond motifs is 3. The van der Waals surface area contributed by atoms with E-state index in [1.165, 1.54) is 0 Å². The average Bonchev–Trinajstić information content (AvgIpc) is 3.13. The molecule has 1 amide bonds. The Morgan fingerprint density at radius 2 is 1.72 bits per heavy atom.